The third-order valence-electron chi connectivity index (χ3n) is 4.28. The van der Waals surface area contributed by atoms with Gasteiger partial charge in [0.25, 0.3) is 0 Å². The molecule has 5 nitrogen and oxygen atoms in total. The summed E-state index contributed by atoms with van der Waals surface area (Å²) in [5.41, 5.74) is 0.952. The molecule has 1 saturated carbocycles. The van der Waals surface area contributed by atoms with Gasteiger partial charge in [-0.25, -0.2) is 0 Å². The molecule has 1 heterocycles. The van der Waals surface area contributed by atoms with Gasteiger partial charge in [0.15, 0.2) is 0 Å². The summed E-state index contributed by atoms with van der Waals surface area (Å²) >= 11 is 1.23. The smallest absolute Gasteiger partial charge is 0.307 e. The van der Waals surface area contributed by atoms with E-state index in [1.54, 1.807) is 4.57 Å². The molecular formula is C15H24N2O3S. The first-order valence-corrected chi connectivity index (χ1v) is 8.40. The Morgan fingerprint density at radius 3 is 2.81 bits per heavy atom. The zero-order chi connectivity index (χ0) is 15.4. The lowest BCUT2D eigenvalue weighted by molar-refractivity contribution is -0.121. The van der Waals surface area contributed by atoms with Crippen molar-refractivity contribution in [1.29, 1.82) is 0 Å². The lowest BCUT2D eigenvalue weighted by Crippen LogP contribution is -2.33. The SMILES string of the molecule is Cc1sc(=O)n(CCC(=O)NCC2CCCC(O)C2)c1C. The molecule has 2 N–H and O–H groups in total. The summed E-state index contributed by atoms with van der Waals surface area (Å²) in [6.07, 6.45) is 3.87. The van der Waals surface area contributed by atoms with Crippen LogP contribution in [-0.4, -0.2) is 28.2 Å². The van der Waals surface area contributed by atoms with E-state index in [1.165, 1.54) is 11.3 Å². The van der Waals surface area contributed by atoms with Crippen molar-refractivity contribution < 1.29 is 9.90 Å². The number of nitrogens with zero attached hydrogens (tertiary/aromatic N) is 1. The van der Waals surface area contributed by atoms with Crippen molar-refractivity contribution in [2.75, 3.05) is 6.54 Å². The molecule has 1 fully saturated rings. The number of aromatic nitrogens is 1. The largest absolute Gasteiger partial charge is 0.393 e. The average molecular weight is 312 g/mol. The third kappa shape index (κ3) is 4.41. The van der Waals surface area contributed by atoms with Gasteiger partial charge >= 0.3 is 4.87 Å². The molecule has 0 spiro atoms. The lowest BCUT2D eigenvalue weighted by Gasteiger charge is -2.25. The highest BCUT2D eigenvalue weighted by Crippen LogP contribution is 2.23. The van der Waals surface area contributed by atoms with Gasteiger partial charge in [-0.05, 0) is 39.0 Å². The Morgan fingerprint density at radius 2 is 2.19 bits per heavy atom. The number of carbonyl (C=O) groups is 1. The highest BCUT2D eigenvalue weighted by molar-refractivity contribution is 7.09. The number of nitrogens with one attached hydrogen (secondary N) is 1. The predicted octanol–water partition coefficient (Wildman–Crippen LogP) is 1.58. The number of aliphatic hydroxyl groups excluding tert-OH is 1. The Bertz CT molecular complexity index is 550. The van der Waals surface area contributed by atoms with Crippen molar-refractivity contribution in [3.63, 3.8) is 0 Å². The zero-order valence-electron chi connectivity index (χ0n) is 12.7. The molecule has 21 heavy (non-hydrogen) atoms. The molecule has 0 bridgehead atoms. The lowest BCUT2D eigenvalue weighted by atomic mass is 9.87. The van der Waals surface area contributed by atoms with E-state index in [9.17, 15) is 14.7 Å². The van der Waals surface area contributed by atoms with Crippen LogP contribution in [0.1, 0.15) is 42.7 Å². The summed E-state index contributed by atoms with van der Waals surface area (Å²) in [4.78, 5) is 24.6. The molecule has 1 aromatic rings. The van der Waals surface area contributed by atoms with Crippen molar-refractivity contribution in [3.8, 4) is 0 Å². The number of hydrogen-bond donors (Lipinski definition) is 2. The molecule has 0 radical (unpaired) electrons. The van der Waals surface area contributed by atoms with E-state index < -0.39 is 0 Å². The molecule has 1 aromatic heterocycles. The van der Waals surface area contributed by atoms with Crippen LogP contribution < -0.4 is 10.2 Å². The quantitative estimate of drug-likeness (QED) is 0.867. The van der Waals surface area contributed by atoms with Gasteiger partial charge in [0.1, 0.15) is 0 Å². The van der Waals surface area contributed by atoms with Crippen LogP contribution in [0.4, 0.5) is 0 Å². The van der Waals surface area contributed by atoms with Crippen LogP contribution in [0.15, 0.2) is 4.79 Å². The summed E-state index contributed by atoms with van der Waals surface area (Å²) in [5.74, 6) is 0.357. The third-order valence-corrected chi connectivity index (χ3v) is 5.28. The standard InChI is InChI=1S/C15H24N2O3S/c1-10-11(2)21-15(20)17(10)7-6-14(19)16-9-12-4-3-5-13(18)8-12/h12-13,18H,3-9H2,1-2H3,(H,16,19). The van der Waals surface area contributed by atoms with E-state index in [4.69, 9.17) is 0 Å². The topological polar surface area (TPSA) is 71.3 Å². The number of rotatable bonds is 5. The fraction of sp³-hybridized carbons (Fsp3) is 0.733. The molecule has 1 amide bonds. The molecule has 2 unspecified atom stereocenters. The number of hydrogen-bond acceptors (Lipinski definition) is 4. The van der Waals surface area contributed by atoms with E-state index in [-0.39, 0.29) is 16.9 Å². The summed E-state index contributed by atoms with van der Waals surface area (Å²) in [6.45, 7) is 4.90. The number of amides is 1. The Hall–Kier alpha value is -1.14. The van der Waals surface area contributed by atoms with Gasteiger partial charge in [-0.2, -0.15) is 0 Å². The Balaban J connectivity index is 1.76. The average Bonchev–Trinajstić information content (AvgIpc) is 2.68. The first-order valence-electron chi connectivity index (χ1n) is 7.59. The minimum absolute atomic E-state index is 0.00760. The molecule has 0 aromatic carbocycles. The van der Waals surface area contributed by atoms with Crippen LogP contribution in [0, 0.1) is 19.8 Å². The van der Waals surface area contributed by atoms with E-state index in [0.717, 1.165) is 36.3 Å². The van der Waals surface area contributed by atoms with Gasteiger partial charge in [0.05, 0.1) is 6.10 Å². The first-order chi connectivity index (χ1) is 9.97. The summed E-state index contributed by atoms with van der Waals surface area (Å²) < 4.78 is 1.67. The highest BCUT2D eigenvalue weighted by atomic mass is 32.1. The maximum absolute atomic E-state index is 11.9. The molecule has 1 aliphatic carbocycles. The van der Waals surface area contributed by atoms with E-state index in [1.807, 2.05) is 13.8 Å². The minimum Gasteiger partial charge on any atom is -0.393 e. The Labute approximate surface area is 129 Å². The minimum atomic E-state index is -0.212. The normalized spacial score (nSPS) is 22.2. The number of aliphatic hydroxyl groups is 1. The predicted molar refractivity (Wildman–Crippen MR) is 83.6 cm³/mol. The maximum Gasteiger partial charge on any atom is 0.307 e. The second-order valence-corrected chi connectivity index (χ2v) is 7.07. The van der Waals surface area contributed by atoms with Gasteiger partial charge in [-0.1, -0.05) is 17.8 Å². The second kappa shape index (κ2) is 7.22. The van der Waals surface area contributed by atoms with Gasteiger partial charge in [-0.3, -0.25) is 9.59 Å². The van der Waals surface area contributed by atoms with E-state index in [0.29, 0.717) is 25.4 Å². The summed E-state index contributed by atoms with van der Waals surface area (Å²) in [6, 6.07) is 0. The van der Waals surface area contributed by atoms with E-state index in [2.05, 4.69) is 5.32 Å². The zero-order valence-corrected chi connectivity index (χ0v) is 13.5. The first kappa shape index (κ1) is 16.2. The van der Waals surface area contributed by atoms with Crippen molar-refractivity contribution in [2.24, 2.45) is 5.92 Å². The van der Waals surface area contributed by atoms with Crippen molar-refractivity contribution in [1.82, 2.24) is 9.88 Å². The van der Waals surface area contributed by atoms with Crippen LogP contribution in [0.2, 0.25) is 0 Å². The summed E-state index contributed by atoms with van der Waals surface area (Å²) in [5, 5.41) is 12.5. The van der Waals surface area contributed by atoms with Gasteiger partial charge in [0.2, 0.25) is 5.91 Å². The molecular weight excluding hydrogens is 288 g/mol. The van der Waals surface area contributed by atoms with Crippen molar-refractivity contribution >= 4 is 17.2 Å². The Kier molecular flexibility index (Phi) is 5.58. The highest BCUT2D eigenvalue weighted by Gasteiger charge is 2.20. The Morgan fingerprint density at radius 1 is 1.43 bits per heavy atom. The van der Waals surface area contributed by atoms with Gasteiger partial charge in [-0.15, -0.1) is 0 Å². The number of aryl methyl sites for hydroxylation is 1. The molecule has 1 aliphatic rings. The van der Waals surface area contributed by atoms with E-state index >= 15 is 0 Å². The fourth-order valence-corrected chi connectivity index (χ4v) is 3.71. The summed E-state index contributed by atoms with van der Waals surface area (Å²) in [7, 11) is 0. The van der Waals surface area contributed by atoms with Crippen LogP contribution >= 0.6 is 11.3 Å². The molecule has 118 valence electrons. The molecule has 0 saturated heterocycles. The number of carbonyl (C=O) groups excluding carboxylic acids is 1. The monoisotopic (exact) mass is 312 g/mol. The molecule has 6 heteroatoms. The van der Waals surface area contributed by atoms with Crippen molar-refractivity contribution in [2.45, 2.75) is 58.6 Å². The van der Waals surface area contributed by atoms with Crippen LogP contribution in [0.25, 0.3) is 0 Å². The number of thiazole rings is 1. The maximum atomic E-state index is 11.9. The van der Waals surface area contributed by atoms with Crippen LogP contribution in [0.3, 0.4) is 0 Å². The molecule has 0 aliphatic heterocycles. The molecule has 2 rings (SSSR count). The van der Waals surface area contributed by atoms with Gasteiger partial charge < -0.3 is 15.0 Å². The van der Waals surface area contributed by atoms with Crippen LogP contribution in [-0.2, 0) is 11.3 Å². The van der Waals surface area contributed by atoms with Gasteiger partial charge in [0, 0.05) is 30.1 Å². The van der Waals surface area contributed by atoms with Crippen molar-refractivity contribution in [3.05, 3.63) is 20.2 Å². The molecule has 2 atom stereocenters. The van der Waals surface area contributed by atoms with Crippen LogP contribution in [0.5, 0.6) is 0 Å². The fourth-order valence-electron chi connectivity index (χ4n) is 2.85. The second-order valence-electron chi connectivity index (χ2n) is 5.90.